The van der Waals surface area contributed by atoms with E-state index in [1.165, 1.54) is 0 Å². The largest absolute Gasteiger partial charge is 0.356 e. The summed E-state index contributed by atoms with van der Waals surface area (Å²) in [6, 6.07) is 18.1. The number of aromatic nitrogens is 3. The Hall–Kier alpha value is -4.75. The first-order chi connectivity index (χ1) is 19.1. The van der Waals surface area contributed by atoms with Gasteiger partial charge in [-0.05, 0) is 37.1 Å². The van der Waals surface area contributed by atoms with E-state index in [4.69, 9.17) is 10.4 Å². The monoisotopic (exact) mass is 516 g/mol. The summed E-state index contributed by atoms with van der Waals surface area (Å²) in [5, 5.41) is 26.3. The van der Waals surface area contributed by atoms with Crippen molar-refractivity contribution in [2.75, 3.05) is 48.5 Å². The summed E-state index contributed by atoms with van der Waals surface area (Å²) in [5.74, 6) is 2.78. The quantitative estimate of drug-likeness (QED) is 0.539. The highest BCUT2D eigenvalue weighted by molar-refractivity contribution is 6.02. The van der Waals surface area contributed by atoms with Gasteiger partial charge in [-0.3, -0.25) is 5.41 Å². The molecule has 3 aliphatic heterocycles. The number of amidine groups is 1. The topological polar surface area (TPSA) is 111 Å². The molecule has 1 spiro atoms. The van der Waals surface area contributed by atoms with Gasteiger partial charge in [-0.2, -0.15) is 5.26 Å². The standard InChI is InChI=1S/C29H28N10/c1-36-15-5-8-22(25(36)31)26-35-24-10-9-23(20-6-3-2-4-7-20)34-27(24)39(26)37-16-17-38(29(19-37)12-13-29)28-32-14-11-21(18-30)33-28/h2-11,14,31,35H,12-13,15-17,19H2,1H3/b26-22+,31-25?. The van der Waals surface area contributed by atoms with Crippen molar-refractivity contribution in [1.29, 1.82) is 10.7 Å². The van der Waals surface area contributed by atoms with E-state index < -0.39 is 0 Å². The molecule has 2 N–H and O–H groups in total. The molecule has 10 nitrogen and oxygen atoms in total. The van der Waals surface area contributed by atoms with Crippen LogP contribution in [0.4, 0.5) is 17.5 Å². The number of hydrogen-bond acceptors (Lipinski definition) is 9. The molecule has 39 heavy (non-hydrogen) atoms. The molecule has 2 aromatic heterocycles. The van der Waals surface area contributed by atoms with Gasteiger partial charge in [0.2, 0.25) is 5.95 Å². The predicted octanol–water partition coefficient (Wildman–Crippen LogP) is 3.60. The summed E-state index contributed by atoms with van der Waals surface area (Å²) in [6.45, 7) is 2.90. The number of nitrogens with zero attached hydrogens (tertiary/aromatic N) is 8. The van der Waals surface area contributed by atoms with Gasteiger partial charge in [-0.25, -0.2) is 25.0 Å². The van der Waals surface area contributed by atoms with E-state index in [-0.39, 0.29) is 5.54 Å². The van der Waals surface area contributed by atoms with Gasteiger partial charge in [-0.1, -0.05) is 36.4 Å². The first-order valence-corrected chi connectivity index (χ1v) is 13.2. The molecule has 7 rings (SSSR count). The highest BCUT2D eigenvalue weighted by Crippen LogP contribution is 2.48. The maximum atomic E-state index is 9.36. The fourth-order valence-electron chi connectivity index (χ4n) is 5.67. The average molecular weight is 517 g/mol. The first-order valence-electron chi connectivity index (χ1n) is 13.2. The second-order valence-corrected chi connectivity index (χ2v) is 10.4. The van der Waals surface area contributed by atoms with Crippen LogP contribution >= 0.6 is 0 Å². The Morgan fingerprint density at radius 3 is 2.69 bits per heavy atom. The summed E-state index contributed by atoms with van der Waals surface area (Å²) in [5.41, 5.74) is 4.00. The maximum absolute atomic E-state index is 9.36. The van der Waals surface area contributed by atoms with Gasteiger partial charge in [0.25, 0.3) is 0 Å². The number of nitriles is 1. The van der Waals surface area contributed by atoms with Crippen LogP contribution in [-0.2, 0) is 0 Å². The Labute approximate surface area is 227 Å². The van der Waals surface area contributed by atoms with Crippen molar-refractivity contribution >= 4 is 23.3 Å². The Morgan fingerprint density at radius 2 is 1.90 bits per heavy atom. The SMILES string of the molecule is CN1CC=C/C(=C2/Nc3ccc(-c4ccccc4)nc3N2N2CCN(c3nccc(C#N)n3)C3(CC3)C2)C1=N. The van der Waals surface area contributed by atoms with Gasteiger partial charge in [0.05, 0.1) is 22.5 Å². The third-order valence-corrected chi connectivity index (χ3v) is 7.91. The molecule has 4 aliphatic rings. The van der Waals surface area contributed by atoms with Gasteiger partial charge in [0, 0.05) is 45.0 Å². The van der Waals surface area contributed by atoms with Gasteiger partial charge in [0.15, 0.2) is 5.82 Å². The van der Waals surface area contributed by atoms with E-state index in [9.17, 15) is 5.26 Å². The van der Waals surface area contributed by atoms with Crippen LogP contribution in [0.5, 0.6) is 0 Å². The number of hydrogen-bond donors (Lipinski definition) is 2. The van der Waals surface area contributed by atoms with Crippen LogP contribution in [0.1, 0.15) is 18.5 Å². The summed E-state index contributed by atoms with van der Waals surface area (Å²) in [6.07, 6.45) is 7.84. The number of benzene rings is 1. The van der Waals surface area contributed by atoms with Crippen molar-refractivity contribution in [2.45, 2.75) is 18.4 Å². The Bertz CT molecular complexity index is 1570. The predicted molar refractivity (Wildman–Crippen MR) is 150 cm³/mol. The van der Waals surface area contributed by atoms with Crippen molar-refractivity contribution in [3.05, 3.63) is 84.0 Å². The number of piperazine rings is 1. The lowest BCUT2D eigenvalue weighted by Gasteiger charge is -2.45. The van der Waals surface area contributed by atoms with E-state index in [1.807, 2.05) is 42.3 Å². The zero-order valence-electron chi connectivity index (χ0n) is 21.7. The molecule has 0 bridgehead atoms. The fourth-order valence-corrected chi connectivity index (χ4v) is 5.67. The molecular formula is C29H28N10. The number of pyridine rings is 1. The second-order valence-electron chi connectivity index (χ2n) is 10.4. The fraction of sp³-hybridized carbons (Fsp3) is 0.276. The van der Waals surface area contributed by atoms with E-state index in [0.717, 1.165) is 60.1 Å². The molecule has 0 unspecified atom stereocenters. The van der Waals surface area contributed by atoms with Gasteiger partial charge < -0.3 is 15.1 Å². The zero-order chi connectivity index (χ0) is 26.6. The molecule has 194 valence electrons. The average Bonchev–Trinajstić information content (AvgIpc) is 3.63. The summed E-state index contributed by atoms with van der Waals surface area (Å²) in [4.78, 5) is 18.4. The lowest BCUT2D eigenvalue weighted by molar-refractivity contribution is 0.207. The highest BCUT2D eigenvalue weighted by atomic mass is 15.7. The Morgan fingerprint density at radius 1 is 1.05 bits per heavy atom. The van der Waals surface area contributed by atoms with E-state index >= 15 is 0 Å². The van der Waals surface area contributed by atoms with E-state index in [2.05, 4.69) is 60.5 Å². The molecule has 1 saturated heterocycles. The van der Waals surface area contributed by atoms with Crippen molar-refractivity contribution < 1.29 is 0 Å². The smallest absolute Gasteiger partial charge is 0.227 e. The minimum absolute atomic E-state index is 0.103. The van der Waals surface area contributed by atoms with Crippen LogP contribution in [-0.4, -0.2) is 69.5 Å². The normalized spacial score (nSPS) is 21.6. The Balaban J connectivity index is 1.29. The van der Waals surface area contributed by atoms with Crippen LogP contribution in [0, 0.1) is 16.7 Å². The molecule has 2 fully saturated rings. The maximum Gasteiger partial charge on any atom is 0.227 e. The number of likely N-dealkylation sites (N-methyl/N-ethyl adjacent to an activating group) is 1. The van der Waals surface area contributed by atoms with Crippen molar-refractivity contribution in [2.24, 2.45) is 0 Å². The minimum atomic E-state index is -0.103. The molecule has 5 heterocycles. The zero-order valence-corrected chi connectivity index (χ0v) is 21.7. The third-order valence-electron chi connectivity index (χ3n) is 7.91. The number of hydrazine groups is 1. The van der Waals surface area contributed by atoms with Crippen molar-refractivity contribution in [1.82, 2.24) is 24.9 Å². The second kappa shape index (κ2) is 8.92. The van der Waals surface area contributed by atoms with Crippen molar-refractivity contribution in [3.8, 4) is 17.3 Å². The first kappa shape index (κ1) is 23.4. The molecule has 1 saturated carbocycles. The third kappa shape index (κ3) is 3.90. The number of nitrogens with one attached hydrogen (secondary N) is 2. The number of rotatable bonds is 3. The number of fused-ring (bicyclic) bond motifs is 1. The number of anilines is 3. The molecule has 0 radical (unpaired) electrons. The molecule has 10 heteroatoms. The summed E-state index contributed by atoms with van der Waals surface area (Å²) in [7, 11) is 1.94. The molecule has 1 aromatic carbocycles. The molecule has 1 aliphatic carbocycles. The van der Waals surface area contributed by atoms with Crippen LogP contribution in [0.3, 0.4) is 0 Å². The summed E-state index contributed by atoms with van der Waals surface area (Å²) < 4.78 is 0. The van der Waals surface area contributed by atoms with Gasteiger partial charge in [0.1, 0.15) is 23.4 Å². The molecule has 0 amide bonds. The lowest BCUT2D eigenvalue weighted by atomic mass is 10.1. The highest BCUT2D eigenvalue weighted by Gasteiger charge is 2.54. The van der Waals surface area contributed by atoms with Crippen LogP contribution < -0.4 is 15.2 Å². The van der Waals surface area contributed by atoms with Crippen LogP contribution in [0.25, 0.3) is 11.3 Å². The van der Waals surface area contributed by atoms with Crippen molar-refractivity contribution in [3.63, 3.8) is 0 Å². The molecule has 3 aromatic rings. The minimum Gasteiger partial charge on any atom is -0.356 e. The van der Waals surface area contributed by atoms with Gasteiger partial charge in [-0.15, -0.1) is 0 Å². The van der Waals surface area contributed by atoms with E-state index in [1.54, 1.807) is 12.3 Å². The van der Waals surface area contributed by atoms with Crippen LogP contribution in [0.15, 0.2) is 78.3 Å². The van der Waals surface area contributed by atoms with Crippen LogP contribution in [0.2, 0.25) is 0 Å². The summed E-state index contributed by atoms with van der Waals surface area (Å²) >= 11 is 0. The lowest BCUT2D eigenvalue weighted by Crippen LogP contribution is -2.60. The molecular weight excluding hydrogens is 488 g/mol. The van der Waals surface area contributed by atoms with Gasteiger partial charge >= 0.3 is 0 Å². The Kier molecular flexibility index (Phi) is 5.35. The van der Waals surface area contributed by atoms with E-state index in [0.29, 0.717) is 30.6 Å². The molecule has 0 atom stereocenters.